The second kappa shape index (κ2) is 8.49. The number of benzene rings is 1. The first-order valence-electron chi connectivity index (χ1n) is 9.06. The Morgan fingerprint density at radius 3 is 2.81 bits per heavy atom. The van der Waals surface area contributed by atoms with Crippen LogP contribution in [-0.4, -0.2) is 22.2 Å². The summed E-state index contributed by atoms with van der Waals surface area (Å²) in [6.45, 7) is 0.521. The molecule has 1 aliphatic rings. The number of carbonyl (C=O) groups excluding carboxylic acids is 1. The van der Waals surface area contributed by atoms with E-state index in [0.29, 0.717) is 36.3 Å². The van der Waals surface area contributed by atoms with Crippen LogP contribution in [-0.2, 0) is 11.2 Å². The molecular weight excluding hydrogens is 345 g/mol. The van der Waals surface area contributed by atoms with Gasteiger partial charge in [-0.05, 0) is 56.4 Å². The lowest BCUT2D eigenvalue weighted by atomic mass is 9.94. The third-order valence-electron chi connectivity index (χ3n) is 4.71. The Labute approximate surface area is 157 Å². The number of anilines is 1. The molecule has 0 saturated heterocycles. The Kier molecular flexibility index (Phi) is 5.87. The van der Waals surface area contributed by atoms with Crippen LogP contribution in [0.3, 0.4) is 0 Å². The van der Waals surface area contributed by atoms with Gasteiger partial charge in [0.2, 0.25) is 5.91 Å². The van der Waals surface area contributed by atoms with Gasteiger partial charge >= 0.3 is 0 Å². The van der Waals surface area contributed by atoms with E-state index in [-0.39, 0.29) is 23.5 Å². The lowest BCUT2D eigenvalue weighted by Gasteiger charge is -2.17. The van der Waals surface area contributed by atoms with Crippen molar-refractivity contribution < 1.29 is 9.18 Å². The number of nitrogens with one attached hydrogen (secondary N) is 1. The Hall–Kier alpha value is -3.14. The van der Waals surface area contributed by atoms with E-state index in [9.17, 15) is 14.4 Å². The van der Waals surface area contributed by atoms with Gasteiger partial charge in [0.15, 0.2) is 0 Å². The molecule has 1 heterocycles. The Morgan fingerprint density at radius 1 is 1.37 bits per heavy atom. The predicted molar refractivity (Wildman–Crippen MR) is 100 cm³/mol. The second-order valence-electron chi connectivity index (χ2n) is 6.58. The molecule has 7 heteroatoms. The molecule has 140 valence electrons. The average molecular weight is 367 g/mol. The van der Waals surface area contributed by atoms with Gasteiger partial charge in [0.05, 0.1) is 11.4 Å². The molecule has 0 radical (unpaired) electrons. The maximum absolute atomic E-state index is 13.1. The molecule has 0 fully saturated rings. The smallest absolute Gasteiger partial charge is 0.223 e. The lowest BCUT2D eigenvalue weighted by molar-refractivity contribution is -0.125. The van der Waals surface area contributed by atoms with Gasteiger partial charge in [-0.1, -0.05) is 12.2 Å². The zero-order valence-corrected chi connectivity index (χ0v) is 15.0. The van der Waals surface area contributed by atoms with Crippen LogP contribution in [0.15, 0.2) is 36.4 Å². The van der Waals surface area contributed by atoms with Crippen molar-refractivity contribution in [3.05, 3.63) is 53.5 Å². The van der Waals surface area contributed by atoms with Gasteiger partial charge in [-0.3, -0.25) is 4.79 Å². The van der Waals surface area contributed by atoms with E-state index in [0.717, 1.165) is 19.3 Å². The molecule has 1 amide bonds. The molecule has 3 N–H and O–H groups in total. The van der Waals surface area contributed by atoms with Crippen LogP contribution in [0.5, 0.6) is 0 Å². The fourth-order valence-corrected chi connectivity index (χ4v) is 3.20. The van der Waals surface area contributed by atoms with Crippen LogP contribution in [0, 0.1) is 23.1 Å². The molecule has 1 aromatic heterocycles. The van der Waals surface area contributed by atoms with Crippen molar-refractivity contribution in [3.8, 4) is 11.8 Å². The van der Waals surface area contributed by atoms with Crippen molar-refractivity contribution in [3.63, 3.8) is 0 Å². The first-order valence-corrected chi connectivity index (χ1v) is 9.06. The van der Waals surface area contributed by atoms with Crippen molar-refractivity contribution in [1.29, 1.82) is 5.26 Å². The average Bonchev–Trinajstić information content (AvgIpc) is 3.01. The van der Waals surface area contributed by atoms with Crippen LogP contribution < -0.4 is 11.1 Å². The summed E-state index contributed by atoms with van der Waals surface area (Å²) < 4.78 is 14.6. The molecule has 1 aromatic carbocycles. The van der Waals surface area contributed by atoms with E-state index in [1.54, 1.807) is 12.1 Å². The Bertz CT molecular complexity index is 879. The highest BCUT2D eigenvalue weighted by atomic mass is 19.1. The minimum atomic E-state index is -0.352. The molecule has 0 spiro atoms. The quantitative estimate of drug-likeness (QED) is 0.606. The van der Waals surface area contributed by atoms with Crippen LogP contribution in [0.4, 0.5) is 10.2 Å². The van der Waals surface area contributed by atoms with E-state index < -0.39 is 0 Å². The van der Waals surface area contributed by atoms with Crippen LogP contribution >= 0.6 is 0 Å². The van der Waals surface area contributed by atoms with Crippen LogP contribution in [0.25, 0.3) is 5.69 Å². The molecule has 0 saturated carbocycles. The van der Waals surface area contributed by atoms with Gasteiger partial charge in [-0.15, -0.1) is 0 Å². The number of allylic oxidation sites excluding steroid dienone is 2. The molecule has 1 unspecified atom stereocenters. The van der Waals surface area contributed by atoms with Crippen molar-refractivity contribution in [1.82, 2.24) is 15.1 Å². The summed E-state index contributed by atoms with van der Waals surface area (Å²) in [6, 6.07) is 7.84. The number of halogens is 1. The third kappa shape index (κ3) is 4.34. The monoisotopic (exact) mass is 367 g/mol. The maximum Gasteiger partial charge on any atom is 0.223 e. The fraction of sp³-hybridized carbons (Fsp3) is 0.350. The minimum absolute atomic E-state index is 0.0537. The molecule has 1 atom stereocenters. The fourth-order valence-electron chi connectivity index (χ4n) is 3.20. The Balaban J connectivity index is 1.60. The van der Waals surface area contributed by atoms with E-state index >= 15 is 0 Å². The van der Waals surface area contributed by atoms with Crippen LogP contribution in [0.2, 0.25) is 0 Å². The second-order valence-corrected chi connectivity index (χ2v) is 6.58. The first kappa shape index (κ1) is 18.6. The normalized spacial score (nSPS) is 16.1. The predicted octanol–water partition coefficient (Wildman–Crippen LogP) is 2.87. The molecule has 0 bridgehead atoms. The number of aryl methyl sites for hydroxylation is 1. The number of amides is 1. The first-order chi connectivity index (χ1) is 13.1. The van der Waals surface area contributed by atoms with Crippen LogP contribution in [0.1, 0.15) is 36.9 Å². The highest BCUT2D eigenvalue weighted by Gasteiger charge is 2.19. The van der Waals surface area contributed by atoms with Crippen molar-refractivity contribution >= 4 is 11.7 Å². The number of rotatable bonds is 6. The number of nitriles is 1. The van der Waals surface area contributed by atoms with Crippen molar-refractivity contribution in [2.75, 3.05) is 12.3 Å². The minimum Gasteiger partial charge on any atom is -0.382 e. The molecule has 1 aliphatic carbocycles. The summed E-state index contributed by atoms with van der Waals surface area (Å²) in [4.78, 5) is 12.1. The van der Waals surface area contributed by atoms with E-state index in [1.807, 2.05) is 0 Å². The SMILES string of the molecule is N#Cc1c(CCCNC(=O)C2CC=CCC2)nn(-c2ccc(F)cc2)c1N. The molecule has 6 nitrogen and oxygen atoms in total. The van der Waals surface area contributed by atoms with Crippen molar-refractivity contribution in [2.24, 2.45) is 5.92 Å². The number of nitrogens with zero attached hydrogens (tertiary/aromatic N) is 3. The van der Waals surface area contributed by atoms with Gasteiger partial charge in [0.25, 0.3) is 0 Å². The van der Waals surface area contributed by atoms with Gasteiger partial charge in [-0.2, -0.15) is 10.4 Å². The summed E-state index contributed by atoms with van der Waals surface area (Å²) in [7, 11) is 0. The summed E-state index contributed by atoms with van der Waals surface area (Å²) in [5, 5.41) is 16.8. The van der Waals surface area contributed by atoms with Gasteiger partial charge < -0.3 is 11.1 Å². The third-order valence-corrected chi connectivity index (χ3v) is 4.71. The standard InChI is InChI=1S/C20H22FN5O/c21-15-8-10-16(11-9-15)26-19(23)17(13-22)18(25-26)7-4-12-24-20(27)14-5-2-1-3-6-14/h1-2,8-11,14H,3-7,12,23H2,(H,24,27). The molecule has 0 aliphatic heterocycles. The molecular formula is C20H22FN5O. The number of hydrogen-bond donors (Lipinski definition) is 2. The van der Waals surface area contributed by atoms with Gasteiger partial charge in [-0.25, -0.2) is 9.07 Å². The van der Waals surface area contributed by atoms with E-state index in [4.69, 9.17) is 5.73 Å². The van der Waals surface area contributed by atoms with Crippen molar-refractivity contribution in [2.45, 2.75) is 32.1 Å². The zero-order valence-electron chi connectivity index (χ0n) is 15.0. The number of nitrogens with two attached hydrogens (primary N) is 1. The van der Waals surface area contributed by atoms with E-state index in [2.05, 4.69) is 28.6 Å². The lowest BCUT2D eigenvalue weighted by Crippen LogP contribution is -2.32. The highest BCUT2D eigenvalue weighted by Crippen LogP contribution is 2.22. The topological polar surface area (TPSA) is 96.7 Å². The molecule has 3 rings (SSSR count). The Morgan fingerprint density at radius 2 is 2.15 bits per heavy atom. The number of aromatic nitrogens is 2. The number of hydrogen-bond acceptors (Lipinski definition) is 4. The number of nitrogen functional groups attached to an aromatic ring is 1. The van der Waals surface area contributed by atoms with E-state index in [1.165, 1.54) is 16.8 Å². The van der Waals surface area contributed by atoms with Gasteiger partial charge in [0, 0.05) is 12.5 Å². The van der Waals surface area contributed by atoms with Gasteiger partial charge in [0.1, 0.15) is 23.3 Å². The summed E-state index contributed by atoms with van der Waals surface area (Å²) in [5.41, 5.74) is 7.54. The largest absolute Gasteiger partial charge is 0.382 e. The summed E-state index contributed by atoms with van der Waals surface area (Å²) in [5.74, 6) is 0.0146. The summed E-state index contributed by atoms with van der Waals surface area (Å²) in [6.07, 6.45) is 7.97. The zero-order chi connectivity index (χ0) is 19.2. The number of carbonyl (C=O) groups is 1. The molecule has 2 aromatic rings. The summed E-state index contributed by atoms with van der Waals surface area (Å²) >= 11 is 0. The maximum atomic E-state index is 13.1. The molecule has 27 heavy (non-hydrogen) atoms. The highest BCUT2D eigenvalue weighted by molar-refractivity contribution is 5.78.